The summed E-state index contributed by atoms with van der Waals surface area (Å²) in [6.07, 6.45) is 6.00. The first kappa shape index (κ1) is 6.68. The Labute approximate surface area is 66.2 Å². The fourth-order valence-corrected chi connectivity index (χ4v) is 2.45. The molecule has 0 aromatic rings. The monoisotopic (exact) mass is 157 g/mol. The lowest BCUT2D eigenvalue weighted by Crippen LogP contribution is -2.31. The number of allylic oxidation sites excluding steroid dienone is 1. The van der Waals surface area contributed by atoms with Crippen molar-refractivity contribution in [3.05, 3.63) is 11.1 Å². The van der Waals surface area contributed by atoms with E-state index in [0.29, 0.717) is 5.92 Å². The van der Waals surface area contributed by atoms with Crippen LogP contribution in [0.25, 0.3) is 0 Å². The van der Waals surface area contributed by atoms with Crippen LogP contribution in [0.15, 0.2) is 11.1 Å². The van der Waals surface area contributed by atoms with Gasteiger partial charge in [-0.15, -0.1) is 0 Å². The number of fused-ring (bicyclic) bond motifs is 2. The van der Waals surface area contributed by atoms with Crippen molar-refractivity contribution in [2.24, 2.45) is 17.6 Å². The van der Waals surface area contributed by atoms with E-state index in [2.05, 4.69) is 6.08 Å². The second kappa shape index (κ2) is 2.24. The van der Waals surface area contributed by atoms with Crippen molar-refractivity contribution in [2.45, 2.75) is 25.3 Å². The summed E-state index contributed by atoms with van der Waals surface area (Å²) in [6, 6.07) is 0.153. The third kappa shape index (κ3) is 0.886. The van der Waals surface area contributed by atoms with E-state index >= 15 is 0 Å². The summed E-state index contributed by atoms with van der Waals surface area (Å²) in [7, 11) is 0. The molecule has 2 rings (SSSR count). The van der Waals surface area contributed by atoms with Crippen LogP contribution in [0.2, 0.25) is 0 Å². The molecule has 2 bridgehead atoms. The molecule has 3 unspecified atom stereocenters. The minimum atomic E-state index is 0.153. The molecule has 1 nitrogen and oxygen atoms in total. The first-order valence-electron chi connectivity index (χ1n) is 3.90. The molecule has 0 aromatic heterocycles. The summed E-state index contributed by atoms with van der Waals surface area (Å²) < 4.78 is 0. The van der Waals surface area contributed by atoms with Crippen molar-refractivity contribution < 1.29 is 0 Å². The van der Waals surface area contributed by atoms with E-state index in [0.717, 1.165) is 11.0 Å². The van der Waals surface area contributed by atoms with Crippen molar-refractivity contribution in [1.29, 1.82) is 0 Å². The van der Waals surface area contributed by atoms with Gasteiger partial charge in [-0.3, -0.25) is 0 Å². The van der Waals surface area contributed by atoms with Gasteiger partial charge in [0.05, 0.1) is 0 Å². The average Bonchev–Trinajstić information content (AvgIpc) is 2.29. The van der Waals surface area contributed by atoms with Gasteiger partial charge in [0.1, 0.15) is 0 Å². The van der Waals surface area contributed by atoms with Gasteiger partial charge in [0, 0.05) is 11.1 Å². The number of nitrogens with two attached hydrogens (primary N) is 1. The highest BCUT2D eigenvalue weighted by Crippen LogP contribution is 2.41. The van der Waals surface area contributed by atoms with Crippen LogP contribution in [0.5, 0.6) is 0 Å². The highest BCUT2D eigenvalue weighted by Gasteiger charge is 2.33. The molecule has 0 aliphatic heterocycles. The van der Waals surface area contributed by atoms with Crippen molar-refractivity contribution in [3.8, 4) is 0 Å². The van der Waals surface area contributed by atoms with Crippen LogP contribution >= 0.6 is 11.6 Å². The standard InChI is InChI=1S/C8H12ClN/c9-7-4-5-1-2-6(3-5)8(7)10/h4-6,8H,1-3,10H2. The van der Waals surface area contributed by atoms with Gasteiger partial charge in [-0.25, -0.2) is 0 Å². The normalized spacial score (nSPS) is 45.4. The zero-order valence-electron chi connectivity index (χ0n) is 5.89. The fourth-order valence-electron chi connectivity index (χ4n) is 2.09. The van der Waals surface area contributed by atoms with E-state index in [1.165, 1.54) is 19.3 Å². The van der Waals surface area contributed by atoms with E-state index in [4.69, 9.17) is 17.3 Å². The molecular weight excluding hydrogens is 146 g/mol. The molecule has 56 valence electrons. The number of hydrogen-bond donors (Lipinski definition) is 1. The predicted octanol–water partition coefficient (Wildman–Crippen LogP) is 1.87. The lowest BCUT2D eigenvalue weighted by molar-refractivity contribution is 0.455. The first-order valence-corrected chi connectivity index (χ1v) is 4.28. The predicted molar refractivity (Wildman–Crippen MR) is 42.7 cm³/mol. The molecule has 0 spiro atoms. The summed E-state index contributed by atoms with van der Waals surface area (Å²) in [5.74, 6) is 1.43. The Morgan fingerprint density at radius 3 is 3.10 bits per heavy atom. The van der Waals surface area contributed by atoms with Crippen molar-refractivity contribution >= 4 is 11.6 Å². The minimum absolute atomic E-state index is 0.153. The Balaban J connectivity index is 2.25. The van der Waals surface area contributed by atoms with Crippen molar-refractivity contribution in [3.63, 3.8) is 0 Å². The van der Waals surface area contributed by atoms with Crippen LogP contribution < -0.4 is 5.73 Å². The molecule has 0 radical (unpaired) electrons. The first-order chi connectivity index (χ1) is 4.77. The summed E-state index contributed by atoms with van der Waals surface area (Å²) in [4.78, 5) is 0. The maximum absolute atomic E-state index is 5.93. The second-order valence-electron chi connectivity index (χ2n) is 3.41. The van der Waals surface area contributed by atoms with E-state index in [1.807, 2.05) is 0 Å². The molecule has 3 atom stereocenters. The molecule has 2 aliphatic carbocycles. The lowest BCUT2D eigenvalue weighted by atomic mass is 9.91. The summed E-state index contributed by atoms with van der Waals surface area (Å²) in [6.45, 7) is 0. The van der Waals surface area contributed by atoms with Gasteiger partial charge in [-0.1, -0.05) is 17.7 Å². The van der Waals surface area contributed by atoms with Gasteiger partial charge in [0.2, 0.25) is 0 Å². The quantitative estimate of drug-likeness (QED) is 0.571. The molecule has 0 saturated heterocycles. The Kier molecular flexibility index (Phi) is 1.50. The Hall–Kier alpha value is -0.0100. The van der Waals surface area contributed by atoms with Crippen LogP contribution in [-0.2, 0) is 0 Å². The lowest BCUT2D eigenvalue weighted by Gasteiger charge is -2.22. The van der Waals surface area contributed by atoms with Crippen LogP contribution in [-0.4, -0.2) is 6.04 Å². The molecule has 1 fully saturated rings. The molecule has 1 saturated carbocycles. The zero-order chi connectivity index (χ0) is 7.14. The van der Waals surface area contributed by atoms with Crippen LogP contribution in [0, 0.1) is 11.8 Å². The van der Waals surface area contributed by atoms with Gasteiger partial charge in [-0.2, -0.15) is 0 Å². The van der Waals surface area contributed by atoms with Crippen LogP contribution in [0.3, 0.4) is 0 Å². The summed E-state index contributed by atoms with van der Waals surface area (Å²) in [5, 5.41) is 0.902. The van der Waals surface area contributed by atoms with E-state index in [9.17, 15) is 0 Å². The SMILES string of the molecule is NC1C(Cl)=CC2CCC1C2. The van der Waals surface area contributed by atoms with Crippen molar-refractivity contribution in [1.82, 2.24) is 0 Å². The number of hydrogen-bond acceptors (Lipinski definition) is 1. The maximum Gasteiger partial charge on any atom is 0.0429 e. The maximum atomic E-state index is 5.93. The second-order valence-corrected chi connectivity index (χ2v) is 3.85. The summed E-state index contributed by atoms with van der Waals surface area (Å²) >= 11 is 5.93. The molecule has 2 aliphatic rings. The third-order valence-electron chi connectivity index (χ3n) is 2.73. The molecule has 0 amide bonds. The van der Waals surface area contributed by atoms with Gasteiger partial charge in [-0.05, 0) is 31.1 Å². The zero-order valence-corrected chi connectivity index (χ0v) is 6.64. The molecular formula is C8H12ClN. The molecule has 2 N–H and O–H groups in total. The van der Waals surface area contributed by atoms with E-state index in [1.54, 1.807) is 0 Å². The van der Waals surface area contributed by atoms with Gasteiger partial charge in [0.25, 0.3) is 0 Å². The fraction of sp³-hybridized carbons (Fsp3) is 0.750. The number of rotatable bonds is 0. The summed E-state index contributed by atoms with van der Waals surface area (Å²) in [5.41, 5.74) is 5.86. The molecule has 2 heteroatoms. The Morgan fingerprint density at radius 1 is 1.50 bits per heavy atom. The van der Waals surface area contributed by atoms with E-state index in [-0.39, 0.29) is 6.04 Å². The van der Waals surface area contributed by atoms with Gasteiger partial charge >= 0.3 is 0 Å². The topological polar surface area (TPSA) is 26.0 Å². The highest BCUT2D eigenvalue weighted by molar-refractivity contribution is 6.30. The van der Waals surface area contributed by atoms with Crippen LogP contribution in [0.1, 0.15) is 19.3 Å². The van der Waals surface area contributed by atoms with Gasteiger partial charge < -0.3 is 5.73 Å². The Morgan fingerprint density at radius 2 is 2.30 bits per heavy atom. The Bertz CT molecular complexity index is 176. The van der Waals surface area contributed by atoms with Gasteiger partial charge in [0.15, 0.2) is 0 Å². The molecule has 0 aromatic carbocycles. The van der Waals surface area contributed by atoms with E-state index < -0.39 is 0 Å². The minimum Gasteiger partial charge on any atom is -0.323 e. The smallest absolute Gasteiger partial charge is 0.0429 e. The van der Waals surface area contributed by atoms with Crippen LogP contribution in [0.4, 0.5) is 0 Å². The molecule has 10 heavy (non-hydrogen) atoms. The molecule has 0 heterocycles. The van der Waals surface area contributed by atoms with Crippen molar-refractivity contribution in [2.75, 3.05) is 0 Å². The average molecular weight is 158 g/mol. The highest BCUT2D eigenvalue weighted by atomic mass is 35.5. The number of halogens is 1. The largest absolute Gasteiger partial charge is 0.323 e. The third-order valence-corrected chi connectivity index (χ3v) is 3.11.